The van der Waals surface area contributed by atoms with Crippen molar-refractivity contribution in [1.29, 1.82) is 5.26 Å². The lowest BCUT2D eigenvalue weighted by Gasteiger charge is -2.04. The van der Waals surface area contributed by atoms with Crippen LogP contribution in [0, 0.1) is 18.3 Å². The number of nitrogens with zero attached hydrogens (tertiary/aromatic N) is 2. The van der Waals surface area contributed by atoms with E-state index in [4.69, 9.17) is 16.3 Å². The van der Waals surface area contributed by atoms with E-state index in [1.807, 2.05) is 31.2 Å². The number of benzene rings is 2. The summed E-state index contributed by atoms with van der Waals surface area (Å²) < 4.78 is 5.04. The average Bonchev–Trinajstić information content (AvgIpc) is 3.16. The second kappa shape index (κ2) is 9.44. The summed E-state index contributed by atoms with van der Waals surface area (Å²) in [6.45, 7) is 1.95. The van der Waals surface area contributed by atoms with Gasteiger partial charge in [-0.3, -0.25) is 10.1 Å². The van der Waals surface area contributed by atoms with Gasteiger partial charge in [0.05, 0.1) is 7.11 Å². The molecular weight excluding hydrogens is 422 g/mol. The monoisotopic (exact) mass is 439 g/mol. The number of thiazole rings is 1. The molecule has 0 saturated carbocycles. The van der Waals surface area contributed by atoms with E-state index in [-0.39, 0.29) is 17.1 Å². The number of phenolic OH excluding ortho intramolecular Hbond substituents is 1. The average molecular weight is 440 g/mol. The van der Waals surface area contributed by atoms with Crippen LogP contribution in [-0.2, 0) is 11.2 Å². The number of hydrogen-bond donors (Lipinski definition) is 2. The van der Waals surface area contributed by atoms with Crippen molar-refractivity contribution >= 4 is 40.1 Å². The predicted molar refractivity (Wildman–Crippen MR) is 118 cm³/mol. The Hall–Kier alpha value is -3.34. The van der Waals surface area contributed by atoms with Crippen LogP contribution in [0.3, 0.4) is 0 Å². The molecule has 0 radical (unpaired) electrons. The normalized spacial score (nSPS) is 11.1. The van der Waals surface area contributed by atoms with Crippen LogP contribution in [-0.4, -0.2) is 23.1 Å². The lowest BCUT2D eigenvalue weighted by molar-refractivity contribution is -0.112. The molecule has 1 aromatic heterocycles. The van der Waals surface area contributed by atoms with Crippen molar-refractivity contribution in [1.82, 2.24) is 4.98 Å². The van der Waals surface area contributed by atoms with E-state index in [0.717, 1.165) is 16.0 Å². The summed E-state index contributed by atoms with van der Waals surface area (Å²) in [7, 11) is 1.42. The standard InChI is InChI=1S/C22H18ClN3O3S/c1-13-3-4-15(9-18(13)23)8-17-12-25-22(30-17)26-21(28)16(11-24)7-14-5-6-19(27)20(10-14)29-2/h3-7,9-10,12,27H,8H2,1-2H3,(H,25,26,28). The van der Waals surface area contributed by atoms with E-state index in [1.165, 1.54) is 36.7 Å². The van der Waals surface area contributed by atoms with Crippen LogP contribution >= 0.6 is 22.9 Å². The number of carbonyl (C=O) groups is 1. The number of rotatable bonds is 6. The predicted octanol–water partition coefficient (Wildman–Crippen LogP) is 4.96. The number of aromatic nitrogens is 1. The molecule has 152 valence electrons. The first kappa shape index (κ1) is 21.4. The Kier molecular flexibility index (Phi) is 6.72. The summed E-state index contributed by atoms with van der Waals surface area (Å²) in [4.78, 5) is 17.7. The molecule has 1 heterocycles. The minimum Gasteiger partial charge on any atom is -0.504 e. The molecule has 0 bridgehead atoms. The minimum atomic E-state index is -0.566. The maximum atomic E-state index is 12.5. The number of nitrogens with one attached hydrogen (secondary N) is 1. The molecule has 1 amide bonds. The van der Waals surface area contributed by atoms with Gasteiger partial charge in [0.25, 0.3) is 5.91 Å². The Morgan fingerprint density at radius 1 is 1.37 bits per heavy atom. The first-order valence-corrected chi connectivity index (χ1v) is 10.1. The summed E-state index contributed by atoms with van der Waals surface area (Å²) in [5.74, 6) is -0.339. The lowest BCUT2D eigenvalue weighted by Crippen LogP contribution is -2.13. The van der Waals surface area contributed by atoms with Gasteiger partial charge in [-0.15, -0.1) is 11.3 Å². The van der Waals surface area contributed by atoms with Gasteiger partial charge in [0.15, 0.2) is 16.6 Å². The summed E-state index contributed by atoms with van der Waals surface area (Å²) in [5.41, 5.74) is 2.52. The highest BCUT2D eigenvalue weighted by Crippen LogP contribution is 2.28. The number of halogens is 1. The Bertz CT molecular complexity index is 1160. The Balaban J connectivity index is 1.71. The van der Waals surface area contributed by atoms with Gasteiger partial charge in [-0.25, -0.2) is 4.98 Å². The van der Waals surface area contributed by atoms with Crippen molar-refractivity contribution in [3.05, 3.63) is 74.8 Å². The van der Waals surface area contributed by atoms with Gasteiger partial charge in [0, 0.05) is 22.5 Å². The van der Waals surface area contributed by atoms with E-state index in [0.29, 0.717) is 22.1 Å². The Labute approximate surface area is 183 Å². The maximum absolute atomic E-state index is 12.5. The summed E-state index contributed by atoms with van der Waals surface area (Å²) in [5, 5.41) is 22.8. The highest BCUT2D eigenvalue weighted by Gasteiger charge is 2.13. The highest BCUT2D eigenvalue weighted by molar-refractivity contribution is 7.15. The zero-order valence-electron chi connectivity index (χ0n) is 16.3. The fourth-order valence-electron chi connectivity index (χ4n) is 2.66. The molecule has 3 rings (SSSR count). The minimum absolute atomic E-state index is 0.0252. The van der Waals surface area contributed by atoms with E-state index >= 15 is 0 Å². The summed E-state index contributed by atoms with van der Waals surface area (Å²) in [6.07, 6.45) is 3.75. The second-order valence-electron chi connectivity index (χ2n) is 6.45. The van der Waals surface area contributed by atoms with Crippen LogP contribution in [0.4, 0.5) is 5.13 Å². The summed E-state index contributed by atoms with van der Waals surface area (Å²) >= 11 is 7.50. The zero-order valence-corrected chi connectivity index (χ0v) is 17.8. The van der Waals surface area contributed by atoms with Crippen molar-refractivity contribution in [2.24, 2.45) is 0 Å². The van der Waals surface area contributed by atoms with Crippen molar-refractivity contribution in [3.63, 3.8) is 0 Å². The molecule has 0 aliphatic carbocycles. The lowest BCUT2D eigenvalue weighted by atomic mass is 10.1. The molecule has 6 nitrogen and oxygen atoms in total. The van der Waals surface area contributed by atoms with Crippen LogP contribution < -0.4 is 10.1 Å². The third kappa shape index (κ3) is 5.17. The van der Waals surface area contributed by atoms with E-state index < -0.39 is 5.91 Å². The molecule has 0 aliphatic rings. The molecule has 0 atom stereocenters. The smallest absolute Gasteiger partial charge is 0.268 e. The number of amides is 1. The Morgan fingerprint density at radius 2 is 2.17 bits per heavy atom. The topological polar surface area (TPSA) is 95.2 Å². The number of nitriles is 1. The molecule has 2 N–H and O–H groups in total. The van der Waals surface area contributed by atoms with Gasteiger partial charge < -0.3 is 9.84 Å². The number of phenols is 1. The molecule has 0 saturated heterocycles. The number of hydrogen-bond acceptors (Lipinski definition) is 6. The quantitative estimate of drug-likeness (QED) is 0.418. The zero-order chi connectivity index (χ0) is 21.7. The number of carbonyl (C=O) groups excluding carboxylic acids is 1. The first-order valence-electron chi connectivity index (χ1n) is 8.89. The van der Waals surface area contributed by atoms with Gasteiger partial charge >= 0.3 is 0 Å². The third-order valence-electron chi connectivity index (χ3n) is 4.27. The van der Waals surface area contributed by atoms with Crippen LogP contribution in [0.2, 0.25) is 5.02 Å². The number of aromatic hydroxyl groups is 1. The van der Waals surface area contributed by atoms with Crippen molar-refractivity contribution in [3.8, 4) is 17.6 Å². The molecule has 0 unspecified atom stereocenters. The highest BCUT2D eigenvalue weighted by atomic mass is 35.5. The van der Waals surface area contributed by atoms with Crippen LogP contribution in [0.1, 0.15) is 21.6 Å². The van der Waals surface area contributed by atoms with Crippen molar-refractivity contribution in [2.75, 3.05) is 12.4 Å². The molecule has 0 aliphatic heterocycles. The SMILES string of the molecule is COc1cc(C=C(C#N)C(=O)Nc2ncc(Cc3ccc(C)c(Cl)c3)s2)ccc1O. The number of methoxy groups -OCH3 is 1. The molecule has 0 spiro atoms. The molecule has 3 aromatic rings. The maximum Gasteiger partial charge on any atom is 0.268 e. The van der Waals surface area contributed by atoms with Gasteiger partial charge in [-0.2, -0.15) is 5.26 Å². The van der Waals surface area contributed by atoms with Crippen molar-refractivity contribution in [2.45, 2.75) is 13.3 Å². The van der Waals surface area contributed by atoms with Gasteiger partial charge in [0.2, 0.25) is 0 Å². The molecule has 0 fully saturated rings. The molecule has 2 aromatic carbocycles. The van der Waals surface area contributed by atoms with E-state index in [9.17, 15) is 15.2 Å². The van der Waals surface area contributed by atoms with Gasteiger partial charge in [0.1, 0.15) is 11.6 Å². The summed E-state index contributed by atoms with van der Waals surface area (Å²) in [6, 6.07) is 12.3. The van der Waals surface area contributed by atoms with Crippen LogP contribution in [0.5, 0.6) is 11.5 Å². The fourth-order valence-corrected chi connectivity index (χ4v) is 3.70. The largest absolute Gasteiger partial charge is 0.504 e. The fraction of sp³-hybridized carbons (Fsp3) is 0.136. The Morgan fingerprint density at radius 3 is 2.87 bits per heavy atom. The molecule has 30 heavy (non-hydrogen) atoms. The van der Waals surface area contributed by atoms with E-state index in [1.54, 1.807) is 12.3 Å². The molecule has 8 heteroatoms. The van der Waals surface area contributed by atoms with Gasteiger partial charge in [-0.05, 0) is 47.9 Å². The molecular formula is C22H18ClN3O3S. The van der Waals surface area contributed by atoms with Crippen molar-refractivity contribution < 1.29 is 14.6 Å². The second-order valence-corrected chi connectivity index (χ2v) is 7.97. The van der Waals surface area contributed by atoms with Crippen LogP contribution in [0.15, 0.2) is 48.2 Å². The first-order chi connectivity index (χ1) is 14.4. The number of ether oxygens (including phenoxy) is 1. The van der Waals surface area contributed by atoms with Crippen LogP contribution in [0.25, 0.3) is 6.08 Å². The number of anilines is 1. The third-order valence-corrected chi connectivity index (χ3v) is 5.59. The van der Waals surface area contributed by atoms with Gasteiger partial charge in [-0.1, -0.05) is 29.8 Å². The number of aryl methyl sites for hydroxylation is 1. The van der Waals surface area contributed by atoms with E-state index in [2.05, 4.69) is 10.3 Å².